The number of benzene rings is 1. The topological polar surface area (TPSA) is 39.1 Å². The van der Waals surface area contributed by atoms with Crippen LogP contribution >= 0.6 is 0 Å². The largest absolute Gasteiger partial charge is 0.308 e. The summed E-state index contributed by atoms with van der Waals surface area (Å²) in [6.07, 6.45) is 0. The van der Waals surface area contributed by atoms with Gasteiger partial charge in [-0.3, -0.25) is 9.59 Å². The summed E-state index contributed by atoms with van der Waals surface area (Å²) in [4.78, 5) is 23.7. The number of Topliss-reactive ketones (excluding diaryl/α,β-unsaturated/α-hetero) is 1. The summed E-state index contributed by atoms with van der Waals surface area (Å²) < 4.78 is 1.64. The van der Waals surface area contributed by atoms with Crippen LogP contribution in [0.3, 0.4) is 0 Å². The maximum atomic E-state index is 12.2. The average Bonchev–Trinajstić information content (AvgIpc) is 2.36. The third kappa shape index (κ3) is 2.81. The average molecular weight is 255 g/mol. The highest BCUT2D eigenvalue weighted by Crippen LogP contribution is 2.07. The standard InChI is InChI=1S/C16H17NO2/c1-11-4-7-14(8-5-11)10-17-12(2)6-9-15(13(3)18)16(17)19/h4-9H,10H2,1-3H3. The summed E-state index contributed by atoms with van der Waals surface area (Å²) in [5.41, 5.74) is 3.13. The number of ketones is 1. The molecular weight excluding hydrogens is 238 g/mol. The van der Waals surface area contributed by atoms with Gasteiger partial charge in [0.05, 0.1) is 12.1 Å². The van der Waals surface area contributed by atoms with Crippen molar-refractivity contribution in [2.24, 2.45) is 0 Å². The lowest BCUT2D eigenvalue weighted by atomic mass is 10.1. The Balaban J connectivity index is 2.45. The first-order chi connectivity index (χ1) is 8.99. The zero-order valence-corrected chi connectivity index (χ0v) is 11.4. The highest BCUT2D eigenvalue weighted by atomic mass is 16.1. The van der Waals surface area contributed by atoms with Gasteiger partial charge in [-0.25, -0.2) is 0 Å². The molecule has 1 aromatic carbocycles. The second-order valence-electron chi connectivity index (χ2n) is 4.82. The summed E-state index contributed by atoms with van der Waals surface area (Å²) in [5, 5.41) is 0. The lowest BCUT2D eigenvalue weighted by Gasteiger charge is -2.11. The third-order valence-electron chi connectivity index (χ3n) is 3.23. The number of pyridine rings is 1. The lowest BCUT2D eigenvalue weighted by molar-refractivity contribution is 0.101. The van der Waals surface area contributed by atoms with Crippen molar-refractivity contribution in [3.8, 4) is 0 Å². The van der Waals surface area contributed by atoms with Crippen molar-refractivity contribution in [3.63, 3.8) is 0 Å². The van der Waals surface area contributed by atoms with Gasteiger partial charge in [-0.15, -0.1) is 0 Å². The summed E-state index contributed by atoms with van der Waals surface area (Å²) in [7, 11) is 0. The first-order valence-electron chi connectivity index (χ1n) is 6.26. The summed E-state index contributed by atoms with van der Waals surface area (Å²) in [6.45, 7) is 5.81. The molecule has 0 bridgehead atoms. The minimum atomic E-state index is -0.215. The highest BCUT2D eigenvalue weighted by molar-refractivity contribution is 5.93. The second kappa shape index (κ2) is 5.22. The third-order valence-corrected chi connectivity index (χ3v) is 3.23. The number of aryl methyl sites for hydroxylation is 2. The molecule has 0 saturated heterocycles. The van der Waals surface area contributed by atoms with Crippen molar-refractivity contribution in [3.05, 3.63) is 69.1 Å². The Bertz CT molecular complexity index is 666. The van der Waals surface area contributed by atoms with Crippen molar-refractivity contribution in [2.45, 2.75) is 27.3 Å². The van der Waals surface area contributed by atoms with Crippen molar-refractivity contribution >= 4 is 5.78 Å². The smallest absolute Gasteiger partial charge is 0.261 e. The fourth-order valence-corrected chi connectivity index (χ4v) is 2.01. The van der Waals surface area contributed by atoms with Crippen LogP contribution in [0.25, 0.3) is 0 Å². The molecule has 0 unspecified atom stereocenters. The Morgan fingerprint density at radius 3 is 2.26 bits per heavy atom. The van der Waals surface area contributed by atoms with E-state index in [1.807, 2.05) is 44.2 Å². The van der Waals surface area contributed by atoms with Crippen LogP contribution < -0.4 is 5.56 Å². The first-order valence-corrected chi connectivity index (χ1v) is 6.26. The molecule has 2 aromatic rings. The molecule has 3 nitrogen and oxygen atoms in total. The lowest BCUT2D eigenvalue weighted by Crippen LogP contribution is -2.27. The zero-order chi connectivity index (χ0) is 14.0. The molecule has 1 aromatic heterocycles. The van der Waals surface area contributed by atoms with Crippen molar-refractivity contribution in [1.82, 2.24) is 4.57 Å². The summed E-state index contributed by atoms with van der Waals surface area (Å²) >= 11 is 0. The number of hydrogen-bond donors (Lipinski definition) is 0. The Hall–Kier alpha value is -2.16. The molecule has 0 aliphatic carbocycles. The van der Waals surface area contributed by atoms with Gasteiger partial charge in [0.25, 0.3) is 5.56 Å². The maximum Gasteiger partial charge on any atom is 0.261 e. The van der Waals surface area contributed by atoms with Gasteiger partial charge in [0, 0.05) is 5.69 Å². The predicted molar refractivity (Wildman–Crippen MR) is 75.7 cm³/mol. The SMILES string of the molecule is CC(=O)c1ccc(C)n(Cc2ccc(C)cc2)c1=O. The van der Waals surface area contributed by atoms with E-state index in [1.54, 1.807) is 10.6 Å². The second-order valence-corrected chi connectivity index (χ2v) is 4.82. The quantitative estimate of drug-likeness (QED) is 0.791. The number of carbonyl (C=O) groups is 1. The molecule has 1 heterocycles. The number of hydrogen-bond acceptors (Lipinski definition) is 2. The molecule has 19 heavy (non-hydrogen) atoms. The molecule has 0 aliphatic rings. The van der Waals surface area contributed by atoms with E-state index in [0.717, 1.165) is 11.3 Å². The Morgan fingerprint density at radius 1 is 1.05 bits per heavy atom. The van der Waals surface area contributed by atoms with E-state index in [4.69, 9.17) is 0 Å². The minimum absolute atomic E-state index is 0.192. The molecule has 0 atom stereocenters. The normalized spacial score (nSPS) is 10.5. The van der Waals surface area contributed by atoms with Gasteiger partial charge in [0.2, 0.25) is 0 Å². The fourth-order valence-electron chi connectivity index (χ4n) is 2.01. The van der Waals surface area contributed by atoms with E-state index < -0.39 is 0 Å². The molecule has 98 valence electrons. The molecule has 0 radical (unpaired) electrons. The van der Waals surface area contributed by atoms with Crippen molar-refractivity contribution in [1.29, 1.82) is 0 Å². The van der Waals surface area contributed by atoms with E-state index in [1.165, 1.54) is 12.5 Å². The van der Waals surface area contributed by atoms with Crippen LogP contribution in [0.2, 0.25) is 0 Å². The summed E-state index contributed by atoms with van der Waals surface area (Å²) in [5.74, 6) is -0.192. The van der Waals surface area contributed by atoms with E-state index in [0.29, 0.717) is 6.54 Å². The minimum Gasteiger partial charge on any atom is -0.308 e. The molecular formula is C16H17NO2. The predicted octanol–water partition coefficient (Wildman–Crippen LogP) is 2.72. The van der Waals surface area contributed by atoms with Crippen LogP contribution in [0.4, 0.5) is 0 Å². The maximum absolute atomic E-state index is 12.2. The van der Waals surface area contributed by atoms with E-state index in [-0.39, 0.29) is 16.9 Å². The van der Waals surface area contributed by atoms with Gasteiger partial charge >= 0.3 is 0 Å². The van der Waals surface area contributed by atoms with E-state index >= 15 is 0 Å². The molecule has 0 N–H and O–H groups in total. The molecule has 0 aliphatic heterocycles. The van der Waals surface area contributed by atoms with Crippen LogP contribution in [0.1, 0.15) is 34.1 Å². The van der Waals surface area contributed by atoms with Crippen LogP contribution in [0.15, 0.2) is 41.2 Å². The van der Waals surface area contributed by atoms with Crippen molar-refractivity contribution < 1.29 is 4.79 Å². The first kappa shape index (κ1) is 13.3. The van der Waals surface area contributed by atoms with Crippen LogP contribution in [-0.4, -0.2) is 10.4 Å². The van der Waals surface area contributed by atoms with E-state index in [9.17, 15) is 9.59 Å². The Labute approximate surface area is 112 Å². The van der Waals surface area contributed by atoms with Gasteiger partial charge in [0.1, 0.15) is 0 Å². The van der Waals surface area contributed by atoms with Crippen LogP contribution in [0, 0.1) is 13.8 Å². The zero-order valence-electron chi connectivity index (χ0n) is 11.4. The molecule has 0 fully saturated rings. The number of aromatic nitrogens is 1. The highest BCUT2D eigenvalue weighted by Gasteiger charge is 2.10. The molecule has 0 amide bonds. The molecule has 3 heteroatoms. The van der Waals surface area contributed by atoms with Gasteiger partial charge < -0.3 is 4.57 Å². The van der Waals surface area contributed by atoms with E-state index in [2.05, 4.69) is 0 Å². The molecule has 2 rings (SSSR count). The van der Waals surface area contributed by atoms with Gasteiger partial charge in [-0.2, -0.15) is 0 Å². The van der Waals surface area contributed by atoms with Crippen molar-refractivity contribution in [2.75, 3.05) is 0 Å². The molecule has 0 saturated carbocycles. The Morgan fingerprint density at radius 2 is 1.68 bits per heavy atom. The number of nitrogens with zero attached hydrogens (tertiary/aromatic N) is 1. The number of carbonyl (C=O) groups excluding carboxylic acids is 1. The molecule has 0 spiro atoms. The van der Waals surface area contributed by atoms with Crippen LogP contribution in [0.5, 0.6) is 0 Å². The van der Waals surface area contributed by atoms with Gasteiger partial charge in [-0.1, -0.05) is 29.8 Å². The number of rotatable bonds is 3. The monoisotopic (exact) mass is 255 g/mol. The van der Waals surface area contributed by atoms with Crippen LogP contribution in [-0.2, 0) is 6.54 Å². The van der Waals surface area contributed by atoms with Gasteiger partial charge in [0.15, 0.2) is 5.78 Å². The Kier molecular flexibility index (Phi) is 3.65. The summed E-state index contributed by atoms with van der Waals surface area (Å²) in [6, 6.07) is 11.5. The fraction of sp³-hybridized carbons (Fsp3) is 0.250. The van der Waals surface area contributed by atoms with Gasteiger partial charge in [-0.05, 0) is 38.5 Å².